The third-order valence-electron chi connectivity index (χ3n) is 3.09. The molecule has 0 aliphatic carbocycles. The van der Waals surface area contributed by atoms with Crippen molar-refractivity contribution in [1.29, 1.82) is 0 Å². The Bertz CT molecular complexity index is 408. The highest BCUT2D eigenvalue weighted by Gasteiger charge is 2.23. The first-order valence-electron chi connectivity index (χ1n) is 5.90. The highest BCUT2D eigenvalue weighted by molar-refractivity contribution is 6.30. The van der Waals surface area contributed by atoms with Gasteiger partial charge in [0.25, 0.3) is 0 Å². The number of halogens is 1. The zero-order chi connectivity index (χ0) is 12.3. The van der Waals surface area contributed by atoms with Crippen LogP contribution >= 0.6 is 11.6 Å². The van der Waals surface area contributed by atoms with E-state index in [1.54, 1.807) is 12.1 Å². The molecule has 0 unspecified atom stereocenters. The normalized spacial score (nSPS) is 21.2. The molecule has 1 atom stereocenters. The van der Waals surface area contributed by atoms with Gasteiger partial charge in [0.15, 0.2) is 0 Å². The fourth-order valence-corrected chi connectivity index (χ4v) is 2.38. The lowest BCUT2D eigenvalue weighted by atomic mass is 9.97. The van der Waals surface area contributed by atoms with Crippen molar-refractivity contribution < 1.29 is 4.79 Å². The summed E-state index contributed by atoms with van der Waals surface area (Å²) >= 11 is 5.88. The number of hydrogen-bond donors (Lipinski definition) is 1. The molecule has 0 saturated carbocycles. The number of hydrogen-bond acceptors (Lipinski definition) is 2. The summed E-state index contributed by atoms with van der Waals surface area (Å²) in [4.78, 5) is 14.2. The summed E-state index contributed by atoms with van der Waals surface area (Å²) in [5, 5.41) is 3.57. The van der Waals surface area contributed by atoms with Gasteiger partial charge in [-0.1, -0.05) is 17.7 Å². The molecule has 0 spiro atoms. The summed E-state index contributed by atoms with van der Waals surface area (Å²) < 4.78 is 0. The molecule has 4 heteroatoms. The molecule has 1 aromatic carbocycles. The summed E-state index contributed by atoms with van der Waals surface area (Å²) in [6, 6.07) is 7.26. The number of piperidine rings is 1. The summed E-state index contributed by atoms with van der Waals surface area (Å²) in [7, 11) is 2.05. The lowest BCUT2D eigenvalue weighted by Crippen LogP contribution is -2.38. The quantitative estimate of drug-likeness (QED) is 0.878. The summed E-state index contributed by atoms with van der Waals surface area (Å²) in [5.41, 5.74) is 0.774. The van der Waals surface area contributed by atoms with Gasteiger partial charge in [0.05, 0.1) is 5.92 Å². The van der Waals surface area contributed by atoms with Crippen LogP contribution in [0.2, 0.25) is 5.02 Å². The average Bonchev–Trinajstić information content (AvgIpc) is 2.29. The smallest absolute Gasteiger partial charge is 0.228 e. The molecular formula is C13H17ClN2O. The van der Waals surface area contributed by atoms with E-state index in [0.29, 0.717) is 5.02 Å². The Kier molecular flexibility index (Phi) is 4.02. The van der Waals surface area contributed by atoms with Gasteiger partial charge in [-0.25, -0.2) is 0 Å². The van der Waals surface area contributed by atoms with Gasteiger partial charge in [-0.05, 0) is 44.6 Å². The fraction of sp³-hybridized carbons (Fsp3) is 0.462. The molecule has 1 heterocycles. The SMILES string of the molecule is CN1CCC[C@@H](C(=O)Nc2cccc(Cl)c2)C1. The van der Waals surface area contributed by atoms with Crippen LogP contribution in [0.5, 0.6) is 0 Å². The van der Waals surface area contributed by atoms with Crippen LogP contribution in [0, 0.1) is 5.92 Å². The van der Waals surface area contributed by atoms with Gasteiger partial charge in [0.1, 0.15) is 0 Å². The van der Waals surface area contributed by atoms with Crippen LogP contribution in [0.3, 0.4) is 0 Å². The summed E-state index contributed by atoms with van der Waals surface area (Å²) in [5.74, 6) is 0.187. The molecule has 1 saturated heterocycles. The Morgan fingerprint density at radius 1 is 1.53 bits per heavy atom. The van der Waals surface area contributed by atoms with Gasteiger partial charge in [-0.3, -0.25) is 4.79 Å². The van der Waals surface area contributed by atoms with Crippen molar-refractivity contribution >= 4 is 23.2 Å². The topological polar surface area (TPSA) is 32.3 Å². The summed E-state index contributed by atoms with van der Waals surface area (Å²) in [6.07, 6.45) is 2.06. The Balaban J connectivity index is 1.96. The maximum atomic E-state index is 12.0. The third kappa shape index (κ3) is 3.45. The first-order valence-corrected chi connectivity index (χ1v) is 6.28. The van der Waals surface area contributed by atoms with Crippen LogP contribution < -0.4 is 5.32 Å². The molecule has 1 amide bonds. The second-order valence-electron chi connectivity index (χ2n) is 4.60. The van der Waals surface area contributed by atoms with Crippen LogP contribution in [0.25, 0.3) is 0 Å². The minimum absolute atomic E-state index is 0.0905. The predicted molar refractivity (Wildman–Crippen MR) is 70.3 cm³/mol. The van der Waals surface area contributed by atoms with Crippen molar-refractivity contribution in [2.24, 2.45) is 5.92 Å². The minimum atomic E-state index is 0.0905. The third-order valence-corrected chi connectivity index (χ3v) is 3.32. The number of anilines is 1. The predicted octanol–water partition coefficient (Wildman–Crippen LogP) is 2.62. The fourth-order valence-electron chi connectivity index (χ4n) is 2.19. The Morgan fingerprint density at radius 3 is 3.06 bits per heavy atom. The van der Waals surface area contributed by atoms with Crippen LogP contribution in [-0.2, 0) is 4.79 Å². The van der Waals surface area contributed by atoms with Crippen molar-refractivity contribution in [3.05, 3.63) is 29.3 Å². The molecule has 92 valence electrons. The van der Waals surface area contributed by atoms with E-state index in [0.717, 1.165) is 31.6 Å². The number of benzene rings is 1. The number of amides is 1. The number of nitrogens with one attached hydrogen (secondary N) is 1. The molecular weight excluding hydrogens is 236 g/mol. The molecule has 17 heavy (non-hydrogen) atoms. The first-order chi connectivity index (χ1) is 8.15. The maximum Gasteiger partial charge on any atom is 0.228 e. The standard InChI is InChI=1S/C13H17ClN2O/c1-16-7-3-4-10(9-16)13(17)15-12-6-2-5-11(14)8-12/h2,5-6,8,10H,3-4,7,9H2,1H3,(H,15,17)/t10-/m1/s1. The number of carbonyl (C=O) groups is 1. The van der Waals surface area contributed by atoms with E-state index in [-0.39, 0.29) is 11.8 Å². The van der Waals surface area contributed by atoms with E-state index in [1.807, 2.05) is 12.1 Å². The highest BCUT2D eigenvalue weighted by atomic mass is 35.5. The highest BCUT2D eigenvalue weighted by Crippen LogP contribution is 2.19. The van der Waals surface area contributed by atoms with Crippen LogP contribution in [0.15, 0.2) is 24.3 Å². The largest absolute Gasteiger partial charge is 0.326 e. The molecule has 0 bridgehead atoms. The van der Waals surface area contributed by atoms with Crippen molar-refractivity contribution in [3.63, 3.8) is 0 Å². The van der Waals surface area contributed by atoms with Gasteiger partial charge in [-0.15, -0.1) is 0 Å². The Morgan fingerprint density at radius 2 is 2.35 bits per heavy atom. The van der Waals surface area contributed by atoms with Crippen LogP contribution in [0.4, 0.5) is 5.69 Å². The molecule has 1 aliphatic rings. The molecule has 1 aliphatic heterocycles. The van der Waals surface area contributed by atoms with Crippen molar-refractivity contribution in [2.75, 3.05) is 25.5 Å². The van der Waals surface area contributed by atoms with Gasteiger partial charge >= 0.3 is 0 Å². The van der Waals surface area contributed by atoms with E-state index in [9.17, 15) is 4.79 Å². The summed E-state index contributed by atoms with van der Waals surface area (Å²) in [6.45, 7) is 1.92. The van der Waals surface area contributed by atoms with Crippen LogP contribution in [0.1, 0.15) is 12.8 Å². The van der Waals surface area contributed by atoms with E-state index < -0.39 is 0 Å². The number of rotatable bonds is 2. The Labute approximate surface area is 107 Å². The zero-order valence-corrected chi connectivity index (χ0v) is 10.7. The van der Waals surface area contributed by atoms with Crippen molar-refractivity contribution in [1.82, 2.24) is 4.90 Å². The second-order valence-corrected chi connectivity index (χ2v) is 5.04. The van der Waals surface area contributed by atoms with Gasteiger partial charge in [-0.2, -0.15) is 0 Å². The van der Waals surface area contributed by atoms with Crippen molar-refractivity contribution in [2.45, 2.75) is 12.8 Å². The first kappa shape index (κ1) is 12.4. The van der Waals surface area contributed by atoms with E-state index >= 15 is 0 Å². The van der Waals surface area contributed by atoms with E-state index in [1.165, 1.54) is 0 Å². The second kappa shape index (κ2) is 5.52. The van der Waals surface area contributed by atoms with E-state index in [4.69, 9.17) is 11.6 Å². The van der Waals surface area contributed by atoms with Gasteiger partial charge in [0, 0.05) is 17.3 Å². The van der Waals surface area contributed by atoms with Gasteiger partial charge < -0.3 is 10.2 Å². The Hall–Kier alpha value is -1.06. The van der Waals surface area contributed by atoms with E-state index in [2.05, 4.69) is 17.3 Å². The average molecular weight is 253 g/mol. The molecule has 1 fully saturated rings. The molecule has 1 aromatic rings. The minimum Gasteiger partial charge on any atom is -0.326 e. The zero-order valence-electron chi connectivity index (χ0n) is 9.95. The number of likely N-dealkylation sites (tertiary alicyclic amines) is 1. The monoisotopic (exact) mass is 252 g/mol. The van der Waals surface area contributed by atoms with Crippen molar-refractivity contribution in [3.8, 4) is 0 Å². The van der Waals surface area contributed by atoms with Gasteiger partial charge in [0.2, 0.25) is 5.91 Å². The van der Waals surface area contributed by atoms with Crippen LogP contribution in [-0.4, -0.2) is 30.9 Å². The number of nitrogens with zero attached hydrogens (tertiary/aromatic N) is 1. The molecule has 0 aromatic heterocycles. The number of carbonyl (C=O) groups excluding carboxylic acids is 1. The lowest BCUT2D eigenvalue weighted by molar-refractivity contribution is -0.121. The molecule has 2 rings (SSSR count). The lowest BCUT2D eigenvalue weighted by Gasteiger charge is -2.28. The maximum absolute atomic E-state index is 12.0. The molecule has 3 nitrogen and oxygen atoms in total. The molecule has 1 N–H and O–H groups in total. The molecule has 0 radical (unpaired) electrons.